The third kappa shape index (κ3) is 4.38. The van der Waals surface area contributed by atoms with Gasteiger partial charge in [-0.15, -0.1) is 0 Å². The molecule has 2 rings (SSSR count). The van der Waals surface area contributed by atoms with E-state index in [9.17, 15) is 26.7 Å². The molecular formula is C14H15F5N2O. The lowest BCUT2D eigenvalue weighted by molar-refractivity contribution is -0.149. The molecule has 0 bridgehead atoms. The van der Waals surface area contributed by atoms with E-state index in [2.05, 4.69) is 4.98 Å². The molecule has 0 aromatic carbocycles. The molecule has 1 aliphatic rings. The molecule has 2 heterocycles. The number of rotatable bonds is 3. The number of hydrogen-bond donors (Lipinski definition) is 0. The van der Waals surface area contributed by atoms with Crippen molar-refractivity contribution in [1.29, 1.82) is 0 Å². The van der Waals surface area contributed by atoms with Crippen LogP contribution >= 0.6 is 0 Å². The van der Waals surface area contributed by atoms with Gasteiger partial charge in [0, 0.05) is 25.7 Å². The van der Waals surface area contributed by atoms with Crippen LogP contribution in [0.4, 0.5) is 22.0 Å². The van der Waals surface area contributed by atoms with Gasteiger partial charge in [0.15, 0.2) is 5.82 Å². The summed E-state index contributed by atoms with van der Waals surface area (Å²) in [6.07, 6.45) is -3.79. The van der Waals surface area contributed by atoms with Gasteiger partial charge in [-0.3, -0.25) is 4.79 Å². The maximum absolute atomic E-state index is 13.1. The highest BCUT2D eigenvalue weighted by Crippen LogP contribution is 2.29. The average Bonchev–Trinajstić information content (AvgIpc) is 2.47. The van der Waals surface area contributed by atoms with E-state index >= 15 is 0 Å². The van der Waals surface area contributed by atoms with E-state index in [-0.39, 0.29) is 5.92 Å². The van der Waals surface area contributed by atoms with Gasteiger partial charge in [0.2, 0.25) is 11.9 Å². The van der Waals surface area contributed by atoms with Crippen molar-refractivity contribution in [1.82, 2.24) is 9.88 Å². The first-order valence-electron chi connectivity index (χ1n) is 6.92. The Hall–Kier alpha value is -1.73. The zero-order valence-corrected chi connectivity index (χ0v) is 11.7. The number of amides is 1. The zero-order chi connectivity index (χ0) is 16.3. The van der Waals surface area contributed by atoms with Gasteiger partial charge in [0.05, 0.1) is 6.42 Å². The Morgan fingerprint density at radius 1 is 1.27 bits per heavy atom. The predicted molar refractivity (Wildman–Crippen MR) is 68.0 cm³/mol. The third-order valence-electron chi connectivity index (χ3n) is 3.76. The van der Waals surface area contributed by atoms with E-state index < -0.39 is 36.7 Å². The molecule has 0 saturated carbocycles. The third-order valence-corrected chi connectivity index (χ3v) is 3.76. The summed E-state index contributed by atoms with van der Waals surface area (Å²) in [5.74, 6) is -2.79. The van der Waals surface area contributed by atoms with Crippen LogP contribution in [0.2, 0.25) is 0 Å². The smallest absolute Gasteiger partial charge is 0.343 e. The quantitative estimate of drug-likeness (QED) is 0.631. The van der Waals surface area contributed by atoms with Crippen LogP contribution < -0.4 is 0 Å². The number of pyridine rings is 1. The molecule has 1 aromatic rings. The Balaban J connectivity index is 1.87. The van der Waals surface area contributed by atoms with E-state index in [1.54, 1.807) is 0 Å². The van der Waals surface area contributed by atoms with E-state index in [4.69, 9.17) is 0 Å². The van der Waals surface area contributed by atoms with E-state index in [0.717, 1.165) is 6.07 Å². The number of carbonyl (C=O) groups is 1. The Morgan fingerprint density at radius 2 is 1.91 bits per heavy atom. The largest absolute Gasteiger partial charge is 0.389 e. The van der Waals surface area contributed by atoms with Crippen LogP contribution in [-0.4, -0.2) is 35.1 Å². The molecule has 0 atom stereocenters. The first-order valence-corrected chi connectivity index (χ1v) is 6.92. The van der Waals surface area contributed by atoms with Gasteiger partial charge in [-0.25, -0.2) is 9.37 Å². The van der Waals surface area contributed by atoms with Gasteiger partial charge in [-0.1, -0.05) is 0 Å². The second-order valence-corrected chi connectivity index (χ2v) is 5.31. The van der Waals surface area contributed by atoms with Crippen molar-refractivity contribution in [2.24, 2.45) is 0 Å². The van der Waals surface area contributed by atoms with Crippen LogP contribution in [0.1, 0.15) is 37.2 Å². The normalized spacial score (nSPS) is 16.9. The first-order chi connectivity index (χ1) is 10.3. The summed E-state index contributed by atoms with van der Waals surface area (Å²) in [7, 11) is 0. The molecule has 1 saturated heterocycles. The molecule has 1 amide bonds. The van der Waals surface area contributed by atoms with Crippen molar-refractivity contribution in [3.05, 3.63) is 29.6 Å². The molecule has 0 radical (unpaired) electrons. The van der Waals surface area contributed by atoms with Crippen LogP contribution in [0.15, 0.2) is 12.3 Å². The monoisotopic (exact) mass is 322 g/mol. The topological polar surface area (TPSA) is 33.2 Å². The molecule has 0 unspecified atom stereocenters. The van der Waals surface area contributed by atoms with Gasteiger partial charge in [0.1, 0.15) is 0 Å². The Kier molecular flexibility index (Phi) is 4.97. The van der Waals surface area contributed by atoms with Crippen molar-refractivity contribution in [3.63, 3.8) is 0 Å². The highest BCUT2D eigenvalue weighted by atomic mass is 19.4. The number of likely N-dealkylation sites (tertiary alicyclic amines) is 1. The molecule has 22 heavy (non-hydrogen) atoms. The molecule has 3 nitrogen and oxygen atoms in total. The number of hydrogen-bond acceptors (Lipinski definition) is 2. The molecule has 0 aliphatic carbocycles. The zero-order valence-electron chi connectivity index (χ0n) is 11.7. The van der Waals surface area contributed by atoms with Crippen molar-refractivity contribution in [2.45, 2.75) is 37.8 Å². The summed E-state index contributed by atoms with van der Waals surface area (Å²) < 4.78 is 62.2. The number of piperidine rings is 1. The Labute approximate surface area is 124 Å². The van der Waals surface area contributed by atoms with Crippen LogP contribution in [0.25, 0.3) is 0 Å². The van der Waals surface area contributed by atoms with Crippen LogP contribution in [0.3, 0.4) is 0 Å². The number of halogens is 5. The number of nitrogens with zero attached hydrogens (tertiary/aromatic N) is 2. The average molecular weight is 322 g/mol. The van der Waals surface area contributed by atoms with Crippen LogP contribution in [0.5, 0.6) is 0 Å². The number of carbonyl (C=O) groups excluding carboxylic acids is 1. The summed E-state index contributed by atoms with van der Waals surface area (Å²) in [5, 5.41) is 0. The fraction of sp³-hybridized carbons (Fsp3) is 0.571. The van der Waals surface area contributed by atoms with Crippen molar-refractivity contribution < 1.29 is 26.7 Å². The second-order valence-electron chi connectivity index (χ2n) is 5.31. The molecule has 1 aromatic heterocycles. The minimum atomic E-state index is -4.34. The second kappa shape index (κ2) is 6.58. The van der Waals surface area contributed by atoms with E-state index in [0.29, 0.717) is 31.5 Å². The number of aromatic nitrogens is 1. The van der Waals surface area contributed by atoms with Gasteiger partial charge < -0.3 is 4.90 Å². The maximum atomic E-state index is 13.1. The fourth-order valence-electron chi connectivity index (χ4n) is 2.53. The molecular weight excluding hydrogens is 307 g/mol. The first kappa shape index (κ1) is 16.6. The fourth-order valence-corrected chi connectivity index (χ4v) is 2.53. The number of alkyl halides is 3. The van der Waals surface area contributed by atoms with Gasteiger partial charge >= 0.3 is 6.18 Å². The molecule has 0 N–H and O–H groups in total. The van der Waals surface area contributed by atoms with Crippen molar-refractivity contribution >= 4 is 5.91 Å². The lowest BCUT2D eigenvalue weighted by Crippen LogP contribution is -2.38. The SMILES string of the molecule is O=C(CCC(F)(F)F)N1CCC(c2cnc(F)c(F)c2)CC1. The summed E-state index contributed by atoms with van der Waals surface area (Å²) in [5.41, 5.74) is 0.543. The standard InChI is InChI=1S/C14H15F5N2O/c15-11-7-10(8-20-13(11)16)9-2-5-21(6-3-9)12(22)1-4-14(17,18)19/h7-9H,1-6H2. The molecule has 8 heteroatoms. The van der Waals surface area contributed by atoms with Crippen LogP contribution in [-0.2, 0) is 4.79 Å². The molecule has 122 valence electrons. The molecule has 0 spiro atoms. The summed E-state index contributed by atoms with van der Waals surface area (Å²) >= 11 is 0. The minimum absolute atomic E-state index is 0.0748. The van der Waals surface area contributed by atoms with E-state index in [1.807, 2.05) is 0 Å². The molecule has 1 fully saturated rings. The minimum Gasteiger partial charge on any atom is -0.343 e. The lowest BCUT2D eigenvalue weighted by atomic mass is 9.90. The van der Waals surface area contributed by atoms with Crippen molar-refractivity contribution in [3.8, 4) is 0 Å². The Morgan fingerprint density at radius 3 is 2.45 bits per heavy atom. The highest BCUT2D eigenvalue weighted by molar-refractivity contribution is 5.76. The van der Waals surface area contributed by atoms with Crippen molar-refractivity contribution in [2.75, 3.05) is 13.1 Å². The summed E-state index contributed by atoms with van der Waals surface area (Å²) in [6, 6.07) is 1.08. The maximum Gasteiger partial charge on any atom is 0.389 e. The lowest BCUT2D eigenvalue weighted by Gasteiger charge is -2.32. The van der Waals surface area contributed by atoms with E-state index in [1.165, 1.54) is 11.1 Å². The predicted octanol–water partition coefficient (Wildman–Crippen LogP) is 3.41. The highest BCUT2D eigenvalue weighted by Gasteiger charge is 2.30. The summed E-state index contributed by atoms with van der Waals surface area (Å²) in [4.78, 5) is 16.4. The van der Waals surface area contributed by atoms with Gasteiger partial charge in [0.25, 0.3) is 0 Å². The molecule has 1 aliphatic heterocycles. The van der Waals surface area contributed by atoms with Gasteiger partial charge in [-0.05, 0) is 30.4 Å². The van der Waals surface area contributed by atoms with Crippen LogP contribution in [0, 0.1) is 11.8 Å². The summed E-state index contributed by atoms with van der Waals surface area (Å²) in [6.45, 7) is 0.612. The Bertz CT molecular complexity index is 539. The van der Waals surface area contributed by atoms with Gasteiger partial charge in [-0.2, -0.15) is 17.6 Å².